The molecule has 0 bridgehead atoms. The zero-order chi connectivity index (χ0) is 15.3. The number of nitrogens with one attached hydrogen (secondary N) is 1. The number of carbonyl (C=O) groups excluding carboxylic acids is 1. The van der Waals surface area contributed by atoms with E-state index in [1.165, 1.54) is 6.42 Å². The van der Waals surface area contributed by atoms with Crippen LogP contribution in [-0.2, 0) is 4.79 Å². The first-order chi connectivity index (χ1) is 10.1. The molecule has 2 unspecified atom stereocenters. The van der Waals surface area contributed by atoms with Crippen LogP contribution in [0.4, 0.5) is 0 Å². The van der Waals surface area contributed by atoms with E-state index in [0.29, 0.717) is 6.54 Å². The number of nitrogens with two attached hydrogens (primary N) is 1. The van der Waals surface area contributed by atoms with E-state index >= 15 is 0 Å². The van der Waals surface area contributed by atoms with Crippen LogP contribution in [0.2, 0.25) is 0 Å². The van der Waals surface area contributed by atoms with Gasteiger partial charge < -0.3 is 16.3 Å². The molecule has 4 N–H and O–H groups in total. The number of amides is 1. The molecule has 1 amide bonds. The van der Waals surface area contributed by atoms with Gasteiger partial charge in [-0.2, -0.15) is 11.8 Å². The lowest BCUT2D eigenvalue weighted by Crippen LogP contribution is -2.42. The Bertz CT molecular complexity index is 513. The monoisotopic (exact) mass is 307 g/mol. The van der Waals surface area contributed by atoms with Gasteiger partial charge in [0, 0.05) is 11.3 Å². The fourth-order valence-corrected chi connectivity index (χ4v) is 3.76. The summed E-state index contributed by atoms with van der Waals surface area (Å²) in [4.78, 5) is 12.5. The van der Waals surface area contributed by atoms with Crippen molar-refractivity contribution in [3.05, 3.63) is 35.9 Å². The molecule has 1 aliphatic heterocycles. The van der Waals surface area contributed by atoms with Crippen molar-refractivity contribution in [3.63, 3.8) is 0 Å². The molecule has 1 aromatic rings. The summed E-state index contributed by atoms with van der Waals surface area (Å²) >= 11 is 1.88. The van der Waals surface area contributed by atoms with Crippen LogP contribution >= 0.6 is 11.8 Å². The van der Waals surface area contributed by atoms with Gasteiger partial charge in [0.25, 0.3) is 0 Å². The molecule has 0 aromatic heterocycles. The largest absolute Gasteiger partial charge is 0.409 e. The Morgan fingerprint density at radius 3 is 2.81 bits per heavy atom. The van der Waals surface area contributed by atoms with Gasteiger partial charge in [-0.05, 0) is 31.1 Å². The smallest absolute Gasteiger partial charge is 0.235 e. The molecule has 1 aliphatic rings. The van der Waals surface area contributed by atoms with Crippen molar-refractivity contribution in [2.45, 2.75) is 30.4 Å². The first-order valence-corrected chi connectivity index (χ1v) is 7.98. The van der Waals surface area contributed by atoms with Crippen LogP contribution in [0.1, 0.15) is 31.2 Å². The van der Waals surface area contributed by atoms with Crippen molar-refractivity contribution in [1.29, 1.82) is 0 Å². The minimum atomic E-state index is -0.758. The van der Waals surface area contributed by atoms with Gasteiger partial charge in [0.15, 0.2) is 5.84 Å². The van der Waals surface area contributed by atoms with Gasteiger partial charge in [0.05, 0.1) is 0 Å². The van der Waals surface area contributed by atoms with Gasteiger partial charge in [-0.25, -0.2) is 0 Å². The molecular weight excluding hydrogens is 286 g/mol. The van der Waals surface area contributed by atoms with E-state index in [9.17, 15) is 4.79 Å². The Kier molecular flexibility index (Phi) is 5.12. The van der Waals surface area contributed by atoms with Crippen molar-refractivity contribution in [2.75, 3.05) is 12.3 Å². The molecule has 0 spiro atoms. The Hall–Kier alpha value is -1.69. The number of thioether (sulfide) groups is 1. The topological polar surface area (TPSA) is 87.7 Å². The summed E-state index contributed by atoms with van der Waals surface area (Å²) in [6, 6.07) is 9.12. The van der Waals surface area contributed by atoms with Gasteiger partial charge in [-0.15, -0.1) is 0 Å². The third kappa shape index (κ3) is 3.91. The first-order valence-electron chi connectivity index (χ1n) is 7.00. The standard InChI is InChI=1S/C15H21N3O2S/c1-15(8-5-9-21-15)10-17-14(19)12(13(16)18-20)11-6-3-2-4-7-11/h2-4,6-7,12,20H,5,8-10H2,1H3,(H2,16,18)(H,17,19). The van der Waals surface area contributed by atoms with Gasteiger partial charge >= 0.3 is 0 Å². The lowest BCUT2D eigenvalue weighted by Gasteiger charge is -2.24. The van der Waals surface area contributed by atoms with Crippen LogP contribution in [0.5, 0.6) is 0 Å². The van der Waals surface area contributed by atoms with E-state index in [1.54, 1.807) is 12.1 Å². The Morgan fingerprint density at radius 1 is 1.52 bits per heavy atom. The second-order valence-electron chi connectivity index (χ2n) is 5.49. The van der Waals surface area contributed by atoms with Crippen molar-refractivity contribution in [1.82, 2.24) is 5.32 Å². The highest BCUT2D eigenvalue weighted by Crippen LogP contribution is 2.37. The number of nitrogens with zero attached hydrogens (tertiary/aromatic N) is 1. The van der Waals surface area contributed by atoms with Crippen LogP contribution in [-0.4, -0.2) is 34.0 Å². The van der Waals surface area contributed by atoms with Gasteiger partial charge in [0.1, 0.15) is 5.92 Å². The van der Waals surface area contributed by atoms with Crippen molar-refractivity contribution < 1.29 is 10.0 Å². The summed E-state index contributed by atoms with van der Waals surface area (Å²) in [5.74, 6) is 0.0497. The van der Waals surface area contributed by atoms with Gasteiger partial charge in [0.2, 0.25) is 5.91 Å². The molecular formula is C15H21N3O2S. The quantitative estimate of drug-likeness (QED) is 0.336. The summed E-state index contributed by atoms with van der Waals surface area (Å²) in [6.07, 6.45) is 2.27. The second kappa shape index (κ2) is 6.85. The summed E-state index contributed by atoms with van der Waals surface area (Å²) in [6.45, 7) is 2.75. The lowest BCUT2D eigenvalue weighted by atomic mass is 9.96. The van der Waals surface area contributed by atoms with Gasteiger partial charge in [-0.1, -0.05) is 35.5 Å². The number of hydrogen-bond donors (Lipinski definition) is 3. The highest BCUT2D eigenvalue weighted by atomic mass is 32.2. The minimum absolute atomic E-state index is 0.0853. The summed E-state index contributed by atoms with van der Waals surface area (Å²) in [7, 11) is 0. The predicted octanol–water partition coefficient (Wildman–Crippen LogP) is 1.92. The maximum atomic E-state index is 12.5. The number of carbonyl (C=O) groups is 1. The molecule has 0 saturated carbocycles. The highest BCUT2D eigenvalue weighted by molar-refractivity contribution is 8.00. The summed E-state index contributed by atoms with van der Waals surface area (Å²) < 4.78 is 0.0853. The summed E-state index contributed by atoms with van der Waals surface area (Å²) in [5, 5.41) is 14.9. The average Bonchev–Trinajstić information content (AvgIpc) is 2.93. The van der Waals surface area contributed by atoms with E-state index in [4.69, 9.17) is 10.9 Å². The second-order valence-corrected chi connectivity index (χ2v) is 7.17. The van der Waals surface area contributed by atoms with Crippen LogP contribution in [0.25, 0.3) is 0 Å². The molecule has 1 fully saturated rings. The third-order valence-corrected chi connectivity index (χ3v) is 5.28. The molecule has 1 aromatic carbocycles. The van der Waals surface area contributed by atoms with Crippen molar-refractivity contribution in [2.24, 2.45) is 10.9 Å². The minimum Gasteiger partial charge on any atom is -0.409 e. The zero-order valence-electron chi connectivity index (χ0n) is 12.1. The molecule has 0 aliphatic carbocycles. The molecule has 2 atom stereocenters. The lowest BCUT2D eigenvalue weighted by molar-refractivity contribution is -0.121. The highest BCUT2D eigenvalue weighted by Gasteiger charge is 2.32. The Morgan fingerprint density at radius 2 is 2.24 bits per heavy atom. The molecule has 0 radical (unpaired) electrons. The summed E-state index contributed by atoms with van der Waals surface area (Å²) in [5.41, 5.74) is 6.42. The Labute approximate surface area is 129 Å². The fourth-order valence-electron chi connectivity index (χ4n) is 2.51. The number of benzene rings is 1. The zero-order valence-corrected chi connectivity index (χ0v) is 12.9. The average molecular weight is 307 g/mol. The molecule has 1 saturated heterocycles. The fraction of sp³-hybridized carbons (Fsp3) is 0.467. The van der Waals surface area contributed by atoms with E-state index in [1.807, 2.05) is 30.0 Å². The molecule has 114 valence electrons. The number of oxime groups is 1. The van der Waals surface area contributed by atoms with Crippen LogP contribution in [0.15, 0.2) is 35.5 Å². The maximum Gasteiger partial charge on any atom is 0.235 e. The SMILES string of the molecule is CC1(CNC(=O)C(/C(N)=N/O)c2ccccc2)CCCS1. The van der Waals surface area contributed by atoms with E-state index < -0.39 is 5.92 Å². The van der Waals surface area contributed by atoms with Crippen LogP contribution in [0.3, 0.4) is 0 Å². The Balaban J connectivity index is 2.08. The normalized spacial score (nSPS) is 23.8. The molecule has 1 heterocycles. The molecule has 2 rings (SSSR count). The van der Waals surface area contributed by atoms with Crippen LogP contribution in [0, 0.1) is 0 Å². The molecule has 6 heteroatoms. The van der Waals surface area contributed by atoms with Crippen molar-refractivity contribution in [3.8, 4) is 0 Å². The maximum absolute atomic E-state index is 12.5. The number of hydrogen-bond acceptors (Lipinski definition) is 4. The van der Waals surface area contributed by atoms with E-state index in [-0.39, 0.29) is 16.5 Å². The number of rotatable bonds is 5. The first kappa shape index (κ1) is 15.7. The predicted molar refractivity (Wildman–Crippen MR) is 85.7 cm³/mol. The van der Waals surface area contributed by atoms with Gasteiger partial charge in [-0.3, -0.25) is 4.79 Å². The molecule has 21 heavy (non-hydrogen) atoms. The van der Waals surface area contributed by atoms with Crippen molar-refractivity contribution >= 4 is 23.5 Å². The molecule has 5 nitrogen and oxygen atoms in total. The van der Waals surface area contributed by atoms with Crippen LogP contribution < -0.4 is 11.1 Å². The van der Waals surface area contributed by atoms with E-state index in [2.05, 4.69) is 17.4 Å². The number of amidine groups is 1. The van der Waals surface area contributed by atoms with E-state index in [0.717, 1.165) is 17.7 Å². The third-order valence-electron chi connectivity index (χ3n) is 3.74.